The SMILES string of the molecule is CC(=NNS(=O)(=O)c1ccc(Cl)cc1)C(C)C. The van der Waals surface area contributed by atoms with Gasteiger partial charge in [-0.3, -0.25) is 0 Å². The van der Waals surface area contributed by atoms with Crippen molar-refractivity contribution in [3.8, 4) is 0 Å². The van der Waals surface area contributed by atoms with Crippen molar-refractivity contribution in [1.82, 2.24) is 4.83 Å². The summed E-state index contributed by atoms with van der Waals surface area (Å²) >= 11 is 5.69. The average Bonchev–Trinajstić information content (AvgIpc) is 2.26. The Kier molecular flexibility index (Phi) is 4.54. The number of sulfonamides is 1. The van der Waals surface area contributed by atoms with Gasteiger partial charge in [0.05, 0.1) is 4.90 Å². The van der Waals surface area contributed by atoms with Crippen LogP contribution in [-0.2, 0) is 10.0 Å². The van der Waals surface area contributed by atoms with E-state index in [1.54, 1.807) is 6.92 Å². The summed E-state index contributed by atoms with van der Waals surface area (Å²) in [6.07, 6.45) is 0. The smallest absolute Gasteiger partial charge is 0.200 e. The molecule has 4 nitrogen and oxygen atoms in total. The van der Waals surface area contributed by atoms with Gasteiger partial charge in [-0.25, -0.2) is 4.83 Å². The first-order valence-electron chi connectivity index (χ1n) is 5.14. The fraction of sp³-hybridized carbons (Fsp3) is 0.364. The lowest BCUT2D eigenvalue weighted by atomic mass is 10.1. The molecule has 0 atom stereocenters. The second kappa shape index (κ2) is 5.51. The number of rotatable bonds is 4. The Balaban J connectivity index is 2.90. The Morgan fingerprint density at radius 1 is 1.29 bits per heavy atom. The quantitative estimate of drug-likeness (QED) is 0.678. The van der Waals surface area contributed by atoms with Crippen LogP contribution in [0, 0.1) is 5.92 Å². The molecule has 0 aromatic heterocycles. The molecule has 0 amide bonds. The van der Waals surface area contributed by atoms with E-state index in [4.69, 9.17) is 11.6 Å². The van der Waals surface area contributed by atoms with Crippen molar-refractivity contribution in [2.45, 2.75) is 25.7 Å². The zero-order valence-electron chi connectivity index (χ0n) is 9.94. The maximum Gasteiger partial charge on any atom is 0.276 e. The van der Waals surface area contributed by atoms with Crippen LogP contribution < -0.4 is 4.83 Å². The number of hydrogen-bond acceptors (Lipinski definition) is 3. The molecule has 0 heterocycles. The van der Waals surface area contributed by atoms with Crippen molar-refractivity contribution in [2.75, 3.05) is 0 Å². The van der Waals surface area contributed by atoms with E-state index in [0.717, 1.165) is 5.71 Å². The molecule has 1 rings (SSSR count). The molecule has 0 aliphatic rings. The molecule has 0 bridgehead atoms. The maximum absolute atomic E-state index is 11.8. The minimum absolute atomic E-state index is 0.141. The van der Waals surface area contributed by atoms with Crippen LogP contribution >= 0.6 is 11.6 Å². The van der Waals surface area contributed by atoms with Crippen molar-refractivity contribution in [2.24, 2.45) is 11.0 Å². The number of nitrogens with zero attached hydrogens (tertiary/aromatic N) is 1. The van der Waals surface area contributed by atoms with Crippen molar-refractivity contribution >= 4 is 27.3 Å². The highest BCUT2D eigenvalue weighted by Gasteiger charge is 2.12. The van der Waals surface area contributed by atoms with Gasteiger partial charge in [0.15, 0.2) is 0 Å². The molecule has 0 unspecified atom stereocenters. The van der Waals surface area contributed by atoms with Crippen molar-refractivity contribution < 1.29 is 8.42 Å². The van der Waals surface area contributed by atoms with Crippen LogP contribution in [0.2, 0.25) is 5.02 Å². The lowest BCUT2D eigenvalue weighted by molar-refractivity contribution is 0.584. The number of halogens is 1. The third kappa shape index (κ3) is 4.02. The van der Waals surface area contributed by atoms with Gasteiger partial charge in [-0.15, -0.1) is 0 Å². The molecule has 1 aromatic carbocycles. The summed E-state index contributed by atoms with van der Waals surface area (Å²) in [6, 6.07) is 5.92. The second-order valence-corrected chi connectivity index (χ2v) is 6.05. The van der Waals surface area contributed by atoms with Crippen LogP contribution in [0.25, 0.3) is 0 Å². The third-order valence-corrected chi connectivity index (χ3v) is 3.78. The summed E-state index contributed by atoms with van der Waals surface area (Å²) in [7, 11) is -3.60. The Bertz CT molecular complexity index is 507. The Labute approximate surface area is 107 Å². The van der Waals surface area contributed by atoms with Gasteiger partial charge in [0.2, 0.25) is 0 Å². The molecule has 1 N–H and O–H groups in total. The minimum Gasteiger partial charge on any atom is -0.200 e. The highest BCUT2D eigenvalue weighted by Crippen LogP contribution is 2.13. The summed E-state index contributed by atoms with van der Waals surface area (Å²) in [5.74, 6) is 0.197. The Morgan fingerprint density at radius 3 is 2.29 bits per heavy atom. The topological polar surface area (TPSA) is 58.5 Å². The van der Waals surface area contributed by atoms with E-state index in [0.29, 0.717) is 5.02 Å². The maximum atomic E-state index is 11.8. The monoisotopic (exact) mass is 274 g/mol. The van der Waals surface area contributed by atoms with Gasteiger partial charge in [-0.05, 0) is 37.1 Å². The first kappa shape index (κ1) is 14.0. The number of benzene rings is 1. The van der Waals surface area contributed by atoms with Crippen LogP contribution in [0.1, 0.15) is 20.8 Å². The summed E-state index contributed by atoms with van der Waals surface area (Å²) in [5, 5.41) is 4.33. The fourth-order valence-electron chi connectivity index (χ4n) is 0.928. The molecule has 0 radical (unpaired) electrons. The Hall–Kier alpha value is -1.07. The molecule has 0 spiro atoms. The molecule has 17 heavy (non-hydrogen) atoms. The molecule has 0 saturated carbocycles. The standard InChI is InChI=1S/C11H15ClN2O2S/c1-8(2)9(3)13-14-17(15,16)11-6-4-10(12)5-7-11/h4-8,14H,1-3H3. The van der Waals surface area contributed by atoms with Gasteiger partial charge in [0, 0.05) is 10.7 Å². The fourth-order valence-corrected chi connectivity index (χ4v) is 1.92. The van der Waals surface area contributed by atoms with E-state index in [1.807, 2.05) is 13.8 Å². The van der Waals surface area contributed by atoms with E-state index >= 15 is 0 Å². The van der Waals surface area contributed by atoms with Gasteiger partial charge in [0.1, 0.15) is 0 Å². The van der Waals surface area contributed by atoms with E-state index in [9.17, 15) is 8.42 Å². The number of hydrazone groups is 1. The predicted molar refractivity (Wildman–Crippen MR) is 69.7 cm³/mol. The zero-order chi connectivity index (χ0) is 13.1. The highest BCUT2D eigenvalue weighted by atomic mass is 35.5. The molecule has 0 aliphatic carbocycles. The third-order valence-electron chi connectivity index (χ3n) is 2.30. The van der Waals surface area contributed by atoms with Crippen molar-refractivity contribution in [3.63, 3.8) is 0 Å². The summed E-state index contributed by atoms with van der Waals surface area (Å²) in [6.45, 7) is 5.65. The molecule has 6 heteroatoms. The molecule has 1 aromatic rings. The first-order valence-corrected chi connectivity index (χ1v) is 7.00. The van der Waals surface area contributed by atoms with Gasteiger partial charge in [-0.2, -0.15) is 13.5 Å². The normalized spacial score (nSPS) is 12.9. The van der Waals surface area contributed by atoms with E-state index in [-0.39, 0.29) is 10.8 Å². The second-order valence-electron chi connectivity index (χ2n) is 3.96. The van der Waals surface area contributed by atoms with Gasteiger partial charge in [0.25, 0.3) is 10.0 Å². The predicted octanol–water partition coefficient (Wildman–Crippen LogP) is 2.65. The van der Waals surface area contributed by atoms with Crippen LogP contribution in [-0.4, -0.2) is 14.1 Å². The molecular formula is C11H15ClN2O2S. The zero-order valence-corrected chi connectivity index (χ0v) is 11.5. The summed E-state index contributed by atoms with van der Waals surface area (Å²) < 4.78 is 23.6. The van der Waals surface area contributed by atoms with Crippen LogP contribution in [0.5, 0.6) is 0 Å². The van der Waals surface area contributed by atoms with Crippen LogP contribution in [0.4, 0.5) is 0 Å². The highest BCUT2D eigenvalue weighted by molar-refractivity contribution is 7.89. The average molecular weight is 275 g/mol. The molecular weight excluding hydrogens is 260 g/mol. The van der Waals surface area contributed by atoms with Crippen LogP contribution in [0.3, 0.4) is 0 Å². The van der Waals surface area contributed by atoms with E-state index in [1.165, 1.54) is 24.3 Å². The number of nitrogens with one attached hydrogen (secondary N) is 1. The molecule has 94 valence electrons. The van der Waals surface area contributed by atoms with Gasteiger partial charge < -0.3 is 0 Å². The van der Waals surface area contributed by atoms with Gasteiger partial charge in [-0.1, -0.05) is 25.4 Å². The molecule has 0 aliphatic heterocycles. The Morgan fingerprint density at radius 2 is 1.82 bits per heavy atom. The van der Waals surface area contributed by atoms with Crippen LogP contribution in [0.15, 0.2) is 34.3 Å². The number of hydrogen-bond donors (Lipinski definition) is 1. The van der Waals surface area contributed by atoms with Crippen molar-refractivity contribution in [3.05, 3.63) is 29.3 Å². The van der Waals surface area contributed by atoms with Crippen molar-refractivity contribution in [1.29, 1.82) is 0 Å². The largest absolute Gasteiger partial charge is 0.276 e. The van der Waals surface area contributed by atoms with E-state index in [2.05, 4.69) is 9.93 Å². The molecule has 0 fully saturated rings. The summed E-state index contributed by atoms with van der Waals surface area (Å²) in [5.41, 5.74) is 0.725. The van der Waals surface area contributed by atoms with Gasteiger partial charge >= 0.3 is 0 Å². The summed E-state index contributed by atoms with van der Waals surface area (Å²) in [4.78, 5) is 2.33. The molecule has 0 saturated heterocycles. The minimum atomic E-state index is -3.60. The lowest BCUT2D eigenvalue weighted by Crippen LogP contribution is -2.20. The first-order chi connectivity index (χ1) is 7.83. The lowest BCUT2D eigenvalue weighted by Gasteiger charge is -2.06. The van der Waals surface area contributed by atoms with E-state index < -0.39 is 10.0 Å².